The highest BCUT2D eigenvalue weighted by atomic mass is 15.3. The summed E-state index contributed by atoms with van der Waals surface area (Å²) in [5.41, 5.74) is 3.39. The predicted molar refractivity (Wildman–Crippen MR) is 51.8 cm³/mol. The van der Waals surface area contributed by atoms with Crippen LogP contribution in [0.15, 0.2) is 12.4 Å². The number of fused-ring (bicyclic) bond motifs is 1. The standard InChI is InChI=1S/C10H10N4/c1-3-9-7(2)5-12-10-8(4-11)6-13-14(9)10/h5-6H,3H2,1-2H3. The van der Waals surface area contributed by atoms with Crippen molar-refractivity contribution in [1.82, 2.24) is 14.6 Å². The largest absolute Gasteiger partial charge is 0.236 e. The maximum atomic E-state index is 8.81. The number of hydrogen-bond acceptors (Lipinski definition) is 3. The summed E-state index contributed by atoms with van der Waals surface area (Å²) in [6.07, 6.45) is 4.23. The Kier molecular flexibility index (Phi) is 1.93. The molecule has 0 aliphatic heterocycles. The highest BCUT2D eigenvalue weighted by Crippen LogP contribution is 2.12. The third kappa shape index (κ3) is 1.06. The Morgan fingerprint density at radius 1 is 1.50 bits per heavy atom. The maximum Gasteiger partial charge on any atom is 0.173 e. The quantitative estimate of drug-likeness (QED) is 0.677. The lowest BCUT2D eigenvalue weighted by molar-refractivity contribution is 0.835. The minimum absolute atomic E-state index is 0.528. The van der Waals surface area contributed by atoms with Crippen LogP contribution in [0.5, 0.6) is 0 Å². The van der Waals surface area contributed by atoms with E-state index in [0.717, 1.165) is 17.7 Å². The van der Waals surface area contributed by atoms with Crippen molar-refractivity contribution in [2.45, 2.75) is 20.3 Å². The number of rotatable bonds is 1. The molecule has 0 unspecified atom stereocenters. The number of nitrogens with zero attached hydrogens (tertiary/aromatic N) is 4. The van der Waals surface area contributed by atoms with E-state index in [2.05, 4.69) is 23.1 Å². The topological polar surface area (TPSA) is 54.0 Å². The molecule has 2 aromatic rings. The van der Waals surface area contributed by atoms with Gasteiger partial charge in [0.25, 0.3) is 0 Å². The van der Waals surface area contributed by atoms with Gasteiger partial charge < -0.3 is 0 Å². The SMILES string of the molecule is CCc1c(C)cnc2c(C#N)cnn12. The number of aryl methyl sites for hydroxylation is 2. The zero-order valence-corrected chi connectivity index (χ0v) is 8.15. The average molecular weight is 186 g/mol. The van der Waals surface area contributed by atoms with Gasteiger partial charge in [0.05, 0.1) is 6.20 Å². The minimum atomic E-state index is 0.528. The normalized spacial score (nSPS) is 10.4. The molecule has 4 heteroatoms. The van der Waals surface area contributed by atoms with Crippen LogP contribution in [0.3, 0.4) is 0 Å². The van der Waals surface area contributed by atoms with E-state index in [4.69, 9.17) is 5.26 Å². The van der Waals surface area contributed by atoms with Crippen LogP contribution in [0.4, 0.5) is 0 Å². The Morgan fingerprint density at radius 2 is 2.29 bits per heavy atom. The molecule has 0 amide bonds. The van der Waals surface area contributed by atoms with Gasteiger partial charge in [-0.15, -0.1) is 0 Å². The maximum absolute atomic E-state index is 8.81. The monoisotopic (exact) mass is 186 g/mol. The lowest BCUT2D eigenvalue weighted by Crippen LogP contribution is -2.01. The smallest absolute Gasteiger partial charge is 0.173 e. The van der Waals surface area contributed by atoms with Crippen molar-refractivity contribution in [3.8, 4) is 6.07 Å². The highest BCUT2D eigenvalue weighted by Gasteiger charge is 2.08. The van der Waals surface area contributed by atoms with E-state index in [-0.39, 0.29) is 0 Å². The number of hydrogen-bond donors (Lipinski definition) is 0. The molecule has 0 radical (unpaired) electrons. The number of nitriles is 1. The van der Waals surface area contributed by atoms with Crippen molar-refractivity contribution >= 4 is 5.65 Å². The van der Waals surface area contributed by atoms with Gasteiger partial charge >= 0.3 is 0 Å². The molecule has 0 saturated heterocycles. The van der Waals surface area contributed by atoms with Crippen molar-refractivity contribution in [2.75, 3.05) is 0 Å². The van der Waals surface area contributed by atoms with E-state index in [9.17, 15) is 0 Å². The van der Waals surface area contributed by atoms with Gasteiger partial charge in [-0.05, 0) is 18.9 Å². The lowest BCUT2D eigenvalue weighted by Gasteiger charge is -2.04. The zero-order chi connectivity index (χ0) is 10.1. The van der Waals surface area contributed by atoms with E-state index in [0.29, 0.717) is 11.2 Å². The fourth-order valence-electron chi connectivity index (χ4n) is 1.57. The van der Waals surface area contributed by atoms with Crippen LogP contribution in [0.25, 0.3) is 5.65 Å². The molecule has 0 saturated carbocycles. The van der Waals surface area contributed by atoms with E-state index >= 15 is 0 Å². The third-order valence-corrected chi connectivity index (χ3v) is 2.29. The molecule has 0 bridgehead atoms. The molecule has 0 fully saturated rings. The van der Waals surface area contributed by atoms with Gasteiger partial charge in [0.1, 0.15) is 11.6 Å². The minimum Gasteiger partial charge on any atom is -0.236 e. The second-order valence-corrected chi connectivity index (χ2v) is 3.15. The fraction of sp³-hybridized carbons (Fsp3) is 0.300. The second kappa shape index (κ2) is 3.11. The highest BCUT2D eigenvalue weighted by molar-refractivity contribution is 5.54. The molecule has 14 heavy (non-hydrogen) atoms. The summed E-state index contributed by atoms with van der Waals surface area (Å²) in [7, 11) is 0. The van der Waals surface area contributed by atoms with Crippen LogP contribution in [0.1, 0.15) is 23.7 Å². The Labute approximate surface area is 81.8 Å². The Hall–Kier alpha value is -1.89. The molecular weight excluding hydrogens is 176 g/mol. The van der Waals surface area contributed by atoms with Crippen molar-refractivity contribution in [2.24, 2.45) is 0 Å². The van der Waals surface area contributed by atoms with Crippen molar-refractivity contribution in [1.29, 1.82) is 5.26 Å². The van der Waals surface area contributed by atoms with E-state index in [1.54, 1.807) is 16.9 Å². The summed E-state index contributed by atoms with van der Waals surface area (Å²) in [6.45, 7) is 4.06. The summed E-state index contributed by atoms with van der Waals surface area (Å²) in [4.78, 5) is 4.20. The molecule has 0 spiro atoms. The third-order valence-electron chi connectivity index (χ3n) is 2.29. The predicted octanol–water partition coefficient (Wildman–Crippen LogP) is 1.47. The van der Waals surface area contributed by atoms with Crippen molar-refractivity contribution in [3.05, 3.63) is 29.2 Å². The summed E-state index contributed by atoms with van der Waals surface area (Å²) in [6, 6.07) is 2.07. The Balaban J connectivity index is 2.85. The van der Waals surface area contributed by atoms with Gasteiger partial charge in [-0.3, -0.25) is 0 Å². The van der Waals surface area contributed by atoms with E-state index in [1.807, 2.05) is 6.92 Å². The molecule has 0 N–H and O–H groups in total. The first kappa shape index (κ1) is 8.70. The second-order valence-electron chi connectivity index (χ2n) is 3.15. The molecule has 0 aliphatic rings. The molecule has 0 aliphatic carbocycles. The fourth-order valence-corrected chi connectivity index (χ4v) is 1.57. The average Bonchev–Trinajstić information content (AvgIpc) is 2.60. The van der Waals surface area contributed by atoms with Gasteiger partial charge in [-0.25, -0.2) is 9.50 Å². The van der Waals surface area contributed by atoms with Crippen LogP contribution >= 0.6 is 0 Å². The molecule has 2 heterocycles. The first-order valence-electron chi connectivity index (χ1n) is 4.50. The summed E-state index contributed by atoms with van der Waals surface area (Å²) >= 11 is 0. The van der Waals surface area contributed by atoms with Gasteiger partial charge in [0.2, 0.25) is 0 Å². The molecule has 2 aromatic heterocycles. The lowest BCUT2D eigenvalue weighted by atomic mass is 10.2. The Bertz CT molecular complexity index is 519. The Morgan fingerprint density at radius 3 is 2.93 bits per heavy atom. The summed E-state index contributed by atoms with van der Waals surface area (Å²) < 4.78 is 1.74. The first-order valence-corrected chi connectivity index (χ1v) is 4.50. The molecule has 70 valence electrons. The van der Waals surface area contributed by atoms with Crippen LogP contribution in [-0.2, 0) is 6.42 Å². The summed E-state index contributed by atoms with van der Waals surface area (Å²) in [5.74, 6) is 0. The van der Waals surface area contributed by atoms with Crippen molar-refractivity contribution < 1.29 is 0 Å². The van der Waals surface area contributed by atoms with Crippen LogP contribution in [-0.4, -0.2) is 14.6 Å². The van der Waals surface area contributed by atoms with Gasteiger partial charge in [-0.2, -0.15) is 10.4 Å². The van der Waals surface area contributed by atoms with Crippen LogP contribution < -0.4 is 0 Å². The molecule has 0 atom stereocenters. The van der Waals surface area contributed by atoms with Crippen LogP contribution in [0, 0.1) is 18.3 Å². The van der Waals surface area contributed by atoms with E-state index in [1.165, 1.54) is 0 Å². The molecule has 4 nitrogen and oxygen atoms in total. The van der Waals surface area contributed by atoms with Gasteiger partial charge in [0.15, 0.2) is 5.65 Å². The van der Waals surface area contributed by atoms with Gasteiger partial charge in [0, 0.05) is 11.9 Å². The van der Waals surface area contributed by atoms with Gasteiger partial charge in [-0.1, -0.05) is 6.92 Å². The molecule has 0 aromatic carbocycles. The summed E-state index contributed by atoms with van der Waals surface area (Å²) in [5, 5.41) is 13.0. The van der Waals surface area contributed by atoms with Crippen LogP contribution in [0.2, 0.25) is 0 Å². The zero-order valence-electron chi connectivity index (χ0n) is 8.15. The van der Waals surface area contributed by atoms with Crippen molar-refractivity contribution in [3.63, 3.8) is 0 Å². The first-order chi connectivity index (χ1) is 6.77. The molecular formula is C10H10N4. The van der Waals surface area contributed by atoms with E-state index < -0.39 is 0 Å². The molecule has 2 rings (SSSR count). The number of aromatic nitrogens is 3.